The van der Waals surface area contributed by atoms with Gasteiger partial charge in [0.15, 0.2) is 0 Å². The van der Waals surface area contributed by atoms with E-state index in [4.69, 9.17) is 17.3 Å². The lowest BCUT2D eigenvalue weighted by Gasteiger charge is -2.08. The Hall–Kier alpha value is -1.48. The molecule has 0 aliphatic rings. The monoisotopic (exact) mass is 235 g/mol. The smallest absolute Gasteiger partial charge is 0.141 e. The minimum Gasteiger partial charge on any atom is -0.398 e. The van der Waals surface area contributed by atoms with Crippen LogP contribution in [0.5, 0.6) is 0 Å². The number of nitrogens with two attached hydrogens (primary N) is 1. The Morgan fingerprint density at radius 2 is 2.25 bits per heavy atom. The first-order valence-electron chi connectivity index (χ1n) is 5.29. The highest BCUT2D eigenvalue weighted by Gasteiger charge is 2.08. The summed E-state index contributed by atoms with van der Waals surface area (Å²) in [5.41, 5.74) is 7.54. The zero-order chi connectivity index (χ0) is 11.5. The molecule has 0 aliphatic heterocycles. The molecule has 3 nitrogen and oxygen atoms in total. The Bertz CT molecular complexity index is 491. The van der Waals surface area contributed by atoms with Gasteiger partial charge in [0.05, 0.1) is 0 Å². The van der Waals surface area contributed by atoms with Gasteiger partial charge in [0.1, 0.15) is 5.82 Å². The SMILES string of the molecule is CCCn1ccnc1-c1ccc(Cl)cc1N. The van der Waals surface area contributed by atoms with Crippen LogP contribution >= 0.6 is 11.6 Å². The molecule has 1 aromatic heterocycles. The van der Waals surface area contributed by atoms with Crippen molar-refractivity contribution < 1.29 is 0 Å². The predicted molar refractivity (Wildman–Crippen MR) is 67.4 cm³/mol. The maximum absolute atomic E-state index is 5.94. The Kier molecular flexibility index (Phi) is 3.15. The highest BCUT2D eigenvalue weighted by Crippen LogP contribution is 2.27. The van der Waals surface area contributed by atoms with Gasteiger partial charge in [-0.25, -0.2) is 4.98 Å². The van der Waals surface area contributed by atoms with Crippen LogP contribution in [0.3, 0.4) is 0 Å². The third-order valence-corrected chi connectivity index (χ3v) is 2.67. The molecule has 0 bridgehead atoms. The molecule has 2 rings (SSSR count). The summed E-state index contributed by atoms with van der Waals surface area (Å²) in [5.74, 6) is 0.899. The second-order valence-corrected chi connectivity index (χ2v) is 4.11. The molecule has 0 unspecified atom stereocenters. The van der Waals surface area contributed by atoms with Crippen molar-refractivity contribution in [3.63, 3.8) is 0 Å². The number of halogens is 1. The minimum absolute atomic E-state index is 0.648. The highest BCUT2D eigenvalue weighted by molar-refractivity contribution is 6.31. The van der Waals surface area contributed by atoms with E-state index in [1.54, 1.807) is 12.3 Å². The van der Waals surface area contributed by atoms with Crippen LogP contribution < -0.4 is 5.73 Å². The summed E-state index contributed by atoms with van der Waals surface area (Å²) in [4.78, 5) is 4.34. The fourth-order valence-electron chi connectivity index (χ4n) is 1.71. The van der Waals surface area contributed by atoms with Gasteiger partial charge in [-0.3, -0.25) is 0 Å². The van der Waals surface area contributed by atoms with E-state index in [1.165, 1.54) is 0 Å². The molecule has 0 spiro atoms. The third kappa shape index (κ3) is 2.04. The largest absolute Gasteiger partial charge is 0.398 e. The molecule has 0 saturated carbocycles. The molecule has 2 N–H and O–H groups in total. The van der Waals surface area contributed by atoms with Crippen molar-refractivity contribution in [3.05, 3.63) is 35.6 Å². The Balaban J connectivity index is 2.46. The Labute approximate surface area is 99.9 Å². The van der Waals surface area contributed by atoms with Gasteiger partial charge in [0, 0.05) is 35.2 Å². The first-order chi connectivity index (χ1) is 7.72. The molecule has 1 heterocycles. The van der Waals surface area contributed by atoms with Gasteiger partial charge < -0.3 is 10.3 Å². The molecule has 0 saturated heterocycles. The van der Waals surface area contributed by atoms with Crippen LogP contribution in [0, 0.1) is 0 Å². The van der Waals surface area contributed by atoms with Crippen LogP contribution in [0.25, 0.3) is 11.4 Å². The molecule has 0 fully saturated rings. The van der Waals surface area contributed by atoms with Crippen LogP contribution in [0.4, 0.5) is 5.69 Å². The molecule has 0 aliphatic carbocycles. The van der Waals surface area contributed by atoms with Gasteiger partial charge in [-0.2, -0.15) is 0 Å². The second kappa shape index (κ2) is 4.58. The summed E-state index contributed by atoms with van der Waals surface area (Å²) in [7, 11) is 0. The maximum Gasteiger partial charge on any atom is 0.141 e. The van der Waals surface area contributed by atoms with E-state index < -0.39 is 0 Å². The zero-order valence-corrected chi connectivity index (χ0v) is 9.91. The summed E-state index contributed by atoms with van der Waals surface area (Å²) in [6.07, 6.45) is 4.82. The van der Waals surface area contributed by atoms with Crippen LogP contribution in [-0.2, 0) is 6.54 Å². The van der Waals surface area contributed by atoms with E-state index in [1.807, 2.05) is 18.3 Å². The summed E-state index contributed by atoms with van der Waals surface area (Å²) in [5, 5.41) is 0.648. The Morgan fingerprint density at radius 3 is 2.94 bits per heavy atom. The Morgan fingerprint density at radius 1 is 1.44 bits per heavy atom. The lowest BCUT2D eigenvalue weighted by Crippen LogP contribution is -2.00. The van der Waals surface area contributed by atoms with E-state index in [9.17, 15) is 0 Å². The molecule has 0 atom stereocenters. The molecule has 0 radical (unpaired) electrons. The highest BCUT2D eigenvalue weighted by atomic mass is 35.5. The first kappa shape index (κ1) is 11.0. The normalized spacial score (nSPS) is 10.6. The van der Waals surface area contributed by atoms with Gasteiger partial charge in [0.25, 0.3) is 0 Å². The van der Waals surface area contributed by atoms with Gasteiger partial charge in [-0.05, 0) is 24.6 Å². The second-order valence-electron chi connectivity index (χ2n) is 3.68. The van der Waals surface area contributed by atoms with Gasteiger partial charge >= 0.3 is 0 Å². The molecule has 16 heavy (non-hydrogen) atoms. The number of nitrogen functional groups attached to an aromatic ring is 1. The molecular weight excluding hydrogens is 222 g/mol. The van der Waals surface area contributed by atoms with E-state index in [0.717, 1.165) is 24.4 Å². The lowest BCUT2D eigenvalue weighted by molar-refractivity contribution is 0.685. The third-order valence-electron chi connectivity index (χ3n) is 2.43. The van der Waals surface area contributed by atoms with Crippen molar-refractivity contribution in [1.82, 2.24) is 9.55 Å². The van der Waals surface area contributed by atoms with Crippen molar-refractivity contribution in [2.75, 3.05) is 5.73 Å². The summed E-state index contributed by atoms with van der Waals surface area (Å²) in [6, 6.07) is 5.49. The molecular formula is C12H14ClN3. The van der Waals surface area contributed by atoms with E-state index >= 15 is 0 Å². The molecule has 84 valence electrons. The average Bonchev–Trinajstić information content (AvgIpc) is 2.67. The molecule has 0 amide bonds. The summed E-state index contributed by atoms with van der Waals surface area (Å²) in [6.45, 7) is 3.08. The van der Waals surface area contributed by atoms with Crippen molar-refractivity contribution in [2.45, 2.75) is 19.9 Å². The minimum atomic E-state index is 0.648. The van der Waals surface area contributed by atoms with Gasteiger partial charge in [-0.15, -0.1) is 0 Å². The van der Waals surface area contributed by atoms with Crippen LogP contribution in [0.2, 0.25) is 5.02 Å². The fourth-order valence-corrected chi connectivity index (χ4v) is 1.89. The number of aryl methyl sites for hydroxylation is 1. The molecule has 1 aromatic carbocycles. The number of aromatic nitrogens is 2. The van der Waals surface area contributed by atoms with Crippen LogP contribution in [0.15, 0.2) is 30.6 Å². The topological polar surface area (TPSA) is 43.8 Å². The zero-order valence-electron chi connectivity index (χ0n) is 9.15. The number of hydrogen-bond acceptors (Lipinski definition) is 2. The average molecular weight is 236 g/mol. The predicted octanol–water partition coefficient (Wildman–Crippen LogP) is 3.20. The summed E-state index contributed by atoms with van der Waals surface area (Å²) >= 11 is 5.87. The number of nitrogens with zero attached hydrogens (tertiary/aromatic N) is 2. The van der Waals surface area contributed by atoms with E-state index in [2.05, 4.69) is 16.5 Å². The van der Waals surface area contributed by atoms with Crippen LogP contribution in [-0.4, -0.2) is 9.55 Å². The number of rotatable bonds is 3. The van der Waals surface area contributed by atoms with Crippen molar-refractivity contribution >= 4 is 17.3 Å². The number of anilines is 1. The number of imidazole rings is 1. The van der Waals surface area contributed by atoms with Crippen molar-refractivity contribution in [3.8, 4) is 11.4 Å². The van der Waals surface area contributed by atoms with Crippen molar-refractivity contribution in [1.29, 1.82) is 0 Å². The van der Waals surface area contributed by atoms with E-state index in [0.29, 0.717) is 10.7 Å². The van der Waals surface area contributed by atoms with Crippen molar-refractivity contribution in [2.24, 2.45) is 0 Å². The quantitative estimate of drug-likeness (QED) is 0.831. The maximum atomic E-state index is 5.94. The summed E-state index contributed by atoms with van der Waals surface area (Å²) < 4.78 is 2.10. The standard InChI is InChI=1S/C12H14ClN3/c1-2-6-16-7-5-15-12(16)10-4-3-9(13)8-11(10)14/h3-5,7-8H,2,6,14H2,1H3. The lowest BCUT2D eigenvalue weighted by atomic mass is 10.1. The van der Waals surface area contributed by atoms with E-state index in [-0.39, 0.29) is 0 Å². The molecule has 4 heteroatoms. The van der Waals surface area contributed by atoms with Gasteiger partial charge in [-0.1, -0.05) is 18.5 Å². The molecule has 2 aromatic rings. The van der Waals surface area contributed by atoms with Gasteiger partial charge in [0.2, 0.25) is 0 Å². The number of benzene rings is 1. The number of hydrogen-bond donors (Lipinski definition) is 1. The van der Waals surface area contributed by atoms with Crippen LogP contribution in [0.1, 0.15) is 13.3 Å². The fraction of sp³-hybridized carbons (Fsp3) is 0.250. The first-order valence-corrected chi connectivity index (χ1v) is 5.66.